The first-order valence-electron chi connectivity index (χ1n) is 9.45. The molecule has 0 saturated carbocycles. The molecule has 7 nitrogen and oxygen atoms in total. The van der Waals surface area contributed by atoms with Crippen molar-refractivity contribution in [1.29, 1.82) is 0 Å². The van der Waals surface area contributed by atoms with Crippen LogP contribution in [0.15, 0.2) is 23.4 Å². The molecule has 0 unspecified atom stereocenters. The van der Waals surface area contributed by atoms with E-state index in [1.165, 1.54) is 0 Å². The number of pyridine rings is 1. The minimum Gasteiger partial charge on any atom is -0.452 e. The van der Waals surface area contributed by atoms with Crippen LogP contribution in [0, 0.1) is 11.8 Å². The van der Waals surface area contributed by atoms with Gasteiger partial charge in [0.1, 0.15) is 5.03 Å². The van der Waals surface area contributed by atoms with Gasteiger partial charge < -0.3 is 15.4 Å². The normalized spacial score (nSPS) is 13.1. The van der Waals surface area contributed by atoms with Crippen molar-refractivity contribution in [2.45, 2.75) is 58.7 Å². The highest BCUT2D eigenvalue weighted by molar-refractivity contribution is 8.00. The second-order valence-corrected chi connectivity index (χ2v) is 8.39. The Morgan fingerprint density at radius 1 is 1.00 bits per heavy atom. The SMILES string of the molecule is CC(C)[C@H](C)NC(=O)CSc1ncccc1C(=O)OCC(=O)N[C@H](C)C(C)C. The maximum atomic E-state index is 12.3. The smallest absolute Gasteiger partial charge is 0.341 e. The van der Waals surface area contributed by atoms with Crippen molar-refractivity contribution in [2.75, 3.05) is 12.4 Å². The fraction of sp³-hybridized carbons (Fsp3) is 0.600. The van der Waals surface area contributed by atoms with Gasteiger partial charge in [-0.1, -0.05) is 39.5 Å². The van der Waals surface area contributed by atoms with Gasteiger partial charge in [-0.15, -0.1) is 0 Å². The molecule has 0 radical (unpaired) electrons. The molecular formula is C20H31N3O4S. The lowest BCUT2D eigenvalue weighted by Gasteiger charge is -2.17. The summed E-state index contributed by atoms with van der Waals surface area (Å²) in [6.07, 6.45) is 1.55. The Kier molecular flexibility index (Phi) is 9.99. The third kappa shape index (κ3) is 8.29. The Labute approximate surface area is 171 Å². The molecule has 0 aliphatic rings. The van der Waals surface area contributed by atoms with Crippen LogP contribution >= 0.6 is 11.8 Å². The zero-order chi connectivity index (χ0) is 21.3. The van der Waals surface area contributed by atoms with E-state index < -0.39 is 5.97 Å². The first kappa shape index (κ1) is 23.9. The van der Waals surface area contributed by atoms with Crippen LogP contribution in [0.3, 0.4) is 0 Å². The van der Waals surface area contributed by atoms with E-state index in [2.05, 4.69) is 15.6 Å². The van der Waals surface area contributed by atoms with Crippen LogP contribution in [0.25, 0.3) is 0 Å². The third-order valence-corrected chi connectivity index (χ3v) is 5.45. The van der Waals surface area contributed by atoms with Crippen LogP contribution in [0.4, 0.5) is 0 Å². The second kappa shape index (κ2) is 11.7. The molecular weight excluding hydrogens is 378 g/mol. The Morgan fingerprint density at radius 3 is 2.14 bits per heavy atom. The molecule has 156 valence electrons. The van der Waals surface area contributed by atoms with E-state index in [-0.39, 0.29) is 47.7 Å². The second-order valence-electron chi connectivity index (χ2n) is 7.42. The first-order valence-corrected chi connectivity index (χ1v) is 10.4. The molecule has 0 aliphatic heterocycles. The average Bonchev–Trinajstić information content (AvgIpc) is 2.64. The molecule has 1 aromatic heterocycles. The van der Waals surface area contributed by atoms with E-state index in [9.17, 15) is 14.4 Å². The molecule has 1 heterocycles. The van der Waals surface area contributed by atoms with E-state index in [0.717, 1.165) is 11.8 Å². The van der Waals surface area contributed by atoms with Gasteiger partial charge in [0.25, 0.3) is 5.91 Å². The van der Waals surface area contributed by atoms with Gasteiger partial charge in [-0.2, -0.15) is 0 Å². The minimum atomic E-state index is -0.640. The summed E-state index contributed by atoms with van der Waals surface area (Å²) in [5.41, 5.74) is 0.238. The monoisotopic (exact) mass is 409 g/mol. The largest absolute Gasteiger partial charge is 0.452 e. The predicted molar refractivity (Wildman–Crippen MR) is 110 cm³/mol. The fourth-order valence-corrected chi connectivity index (χ4v) is 2.72. The van der Waals surface area contributed by atoms with Crippen LogP contribution < -0.4 is 10.6 Å². The first-order chi connectivity index (χ1) is 13.1. The van der Waals surface area contributed by atoms with Crippen LogP contribution in [0.1, 0.15) is 51.9 Å². The Morgan fingerprint density at radius 2 is 1.57 bits per heavy atom. The molecule has 2 N–H and O–H groups in total. The van der Waals surface area contributed by atoms with E-state index in [4.69, 9.17) is 4.74 Å². The summed E-state index contributed by atoms with van der Waals surface area (Å²) in [5, 5.41) is 6.09. The van der Waals surface area contributed by atoms with Crippen molar-refractivity contribution in [3.63, 3.8) is 0 Å². The number of hydrogen-bond acceptors (Lipinski definition) is 6. The molecule has 1 aromatic rings. The molecule has 0 fully saturated rings. The number of ether oxygens (including phenoxy) is 1. The highest BCUT2D eigenvalue weighted by atomic mass is 32.2. The number of nitrogens with zero attached hydrogens (tertiary/aromatic N) is 1. The van der Waals surface area contributed by atoms with Crippen molar-refractivity contribution in [3.8, 4) is 0 Å². The number of nitrogens with one attached hydrogen (secondary N) is 2. The fourth-order valence-electron chi connectivity index (χ4n) is 1.93. The maximum absolute atomic E-state index is 12.3. The summed E-state index contributed by atoms with van der Waals surface area (Å²) in [4.78, 5) is 40.5. The molecule has 0 aliphatic carbocycles. The maximum Gasteiger partial charge on any atom is 0.341 e. The number of aromatic nitrogens is 1. The van der Waals surface area contributed by atoms with Crippen molar-refractivity contribution in [1.82, 2.24) is 15.6 Å². The number of amides is 2. The van der Waals surface area contributed by atoms with Gasteiger partial charge in [0.2, 0.25) is 5.91 Å². The van der Waals surface area contributed by atoms with Gasteiger partial charge in [-0.05, 0) is 37.8 Å². The third-order valence-electron chi connectivity index (χ3n) is 4.44. The zero-order valence-electron chi connectivity index (χ0n) is 17.4. The summed E-state index contributed by atoms with van der Waals surface area (Å²) in [5.74, 6) is -0.364. The zero-order valence-corrected chi connectivity index (χ0v) is 18.3. The van der Waals surface area contributed by atoms with Gasteiger partial charge in [0, 0.05) is 18.3 Å². The Bertz CT molecular complexity index is 679. The highest BCUT2D eigenvalue weighted by Gasteiger charge is 2.18. The number of thioether (sulfide) groups is 1. The van der Waals surface area contributed by atoms with E-state index >= 15 is 0 Å². The average molecular weight is 410 g/mol. The van der Waals surface area contributed by atoms with Crippen molar-refractivity contribution < 1.29 is 19.1 Å². The van der Waals surface area contributed by atoms with Crippen molar-refractivity contribution >= 4 is 29.5 Å². The van der Waals surface area contributed by atoms with Crippen LogP contribution in [0.5, 0.6) is 0 Å². The van der Waals surface area contributed by atoms with Gasteiger partial charge in [-0.25, -0.2) is 9.78 Å². The summed E-state index contributed by atoms with van der Waals surface area (Å²) in [6, 6.07) is 3.24. The summed E-state index contributed by atoms with van der Waals surface area (Å²) < 4.78 is 5.11. The lowest BCUT2D eigenvalue weighted by atomic mass is 10.1. The van der Waals surface area contributed by atoms with Crippen LogP contribution in [-0.4, -0.2) is 47.2 Å². The Hall–Kier alpha value is -2.09. The standard InChI is InChI=1S/C20H31N3O4S/c1-12(2)14(5)22-17(24)10-27-20(26)16-8-7-9-21-19(16)28-11-18(25)23-15(6)13(3)4/h7-9,12-15H,10-11H2,1-6H3,(H,22,24)(H,23,25)/t14-,15+/m1/s1. The highest BCUT2D eigenvalue weighted by Crippen LogP contribution is 2.20. The molecule has 0 aromatic carbocycles. The topological polar surface area (TPSA) is 97.4 Å². The number of esters is 1. The Balaban J connectivity index is 2.61. The molecule has 28 heavy (non-hydrogen) atoms. The summed E-state index contributed by atoms with van der Waals surface area (Å²) in [7, 11) is 0. The lowest BCUT2D eigenvalue weighted by molar-refractivity contribution is -0.125. The van der Waals surface area contributed by atoms with Crippen molar-refractivity contribution in [3.05, 3.63) is 23.9 Å². The molecule has 0 saturated heterocycles. The minimum absolute atomic E-state index is 0.0116. The van der Waals surface area contributed by atoms with Gasteiger partial charge in [0.15, 0.2) is 6.61 Å². The summed E-state index contributed by atoms with van der Waals surface area (Å²) >= 11 is 1.16. The molecule has 1 rings (SSSR count). The molecule has 8 heteroatoms. The van der Waals surface area contributed by atoms with E-state index in [1.807, 2.05) is 41.5 Å². The van der Waals surface area contributed by atoms with E-state index in [0.29, 0.717) is 10.9 Å². The number of rotatable bonds is 10. The van der Waals surface area contributed by atoms with E-state index in [1.54, 1.807) is 18.3 Å². The van der Waals surface area contributed by atoms with Crippen LogP contribution in [-0.2, 0) is 14.3 Å². The lowest BCUT2D eigenvalue weighted by Crippen LogP contribution is -2.38. The predicted octanol–water partition coefficient (Wildman–Crippen LogP) is 2.65. The molecule has 0 spiro atoms. The van der Waals surface area contributed by atoms with Gasteiger partial charge in [-0.3, -0.25) is 9.59 Å². The molecule has 0 bridgehead atoms. The van der Waals surface area contributed by atoms with Gasteiger partial charge >= 0.3 is 5.97 Å². The number of hydrogen-bond donors (Lipinski definition) is 2. The van der Waals surface area contributed by atoms with Crippen LogP contribution in [0.2, 0.25) is 0 Å². The van der Waals surface area contributed by atoms with Crippen molar-refractivity contribution in [2.24, 2.45) is 11.8 Å². The number of carbonyl (C=O) groups is 3. The molecule has 2 atom stereocenters. The molecule has 2 amide bonds. The van der Waals surface area contributed by atoms with Gasteiger partial charge in [0.05, 0.1) is 11.3 Å². The quantitative estimate of drug-likeness (QED) is 0.455. The summed E-state index contributed by atoms with van der Waals surface area (Å²) in [6.45, 7) is 11.5. The number of carbonyl (C=O) groups excluding carboxylic acids is 3.